The molecule has 0 unspecified atom stereocenters. The Kier molecular flexibility index (Phi) is 7.65. The van der Waals surface area contributed by atoms with E-state index in [0.717, 1.165) is 17.5 Å². The minimum atomic E-state index is -0.146. The first kappa shape index (κ1) is 22.5. The molecule has 2 N–H and O–H groups in total. The quantitative estimate of drug-likeness (QED) is 0.576. The summed E-state index contributed by atoms with van der Waals surface area (Å²) in [5, 5.41) is 9.86. The Bertz CT molecular complexity index is 1080. The van der Waals surface area contributed by atoms with Crippen LogP contribution in [-0.4, -0.2) is 59.5 Å². The van der Waals surface area contributed by atoms with Crippen molar-refractivity contribution < 1.29 is 19.1 Å². The fourth-order valence-electron chi connectivity index (χ4n) is 3.59. The van der Waals surface area contributed by atoms with Gasteiger partial charge >= 0.3 is 0 Å². The highest BCUT2D eigenvalue weighted by Crippen LogP contribution is 2.24. The van der Waals surface area contributed by atoms with Crippen LogP contribution < -0.4 is 15.4 Å². The number of hydrogen-bond acceptors (Lipinski definition) is 6. The fourth-order valence-corrected chi connectivity index (χ4v) is 3.59. The molecule has 0 spiro atoms. The van der Waals surface area contributed by atoms with Crippen LogP contribution in [0.25, 0.3) is 0 Å². The lowest BCUT2D eigenvalue weighted by molar-refractivity contribution is 0.0865. The zero-order chi connectivity index (χ0) is 22.9. The summed E-state index contributed by atoms with van der Waals surface area (Å²) in [6.45, 7) is 2.86. The predicted octanol–water partition coefficient (Wildman–Crippen LogP) is 1.83. The van der Waals surface area contributed by atoms with Crippen LogP contribution in [0.15, 0.2) is 55.1 Å². The van der Waals surface area contributed by atoms with Gasteiger partial charge in [0.15, 0.2) is 0 Å². The van der Waals surface area contributed by atoms with E-state index in [2.05, 4.69) is 20.7 Å². The molecule has 1 aliphatic heterocycles. The summed E-state index contributed by atoms with van der Waals surface area (Å²) in [6.07, 6.45) is 4.42. The third kappa shape index (κ3) is 6.39. The average molecular weight is 450 g/mol. The van der Waals surface area contributed by atoms with Crippen LogP contribution in [-0.2, 0) is 17.7 Å². The maximum absolute atomic E-state index is 12.7. The van der Waals surface area contributed by atoms with E-state index in [0.29, 0.717) is 62.8 Å². The van der Waals surface area contributed by atoms with Gasteiger partial charge in [-0.3, -0.25) is 14.3 Å². The zero-order valence-corrected chi connectivity index (χ0v) is 18.3. The Morgan fingerprint density at radius 1 is 1.15 bits per heavy atom. The van der Waals surface area contributed by atoms with E-state index in [9.17, 15) is 9.59 Å². The molecule has 3 aromatic rings. The minimum Gasteiger partial charge on any atom is -0.491 e. The molecule has 1 aromatic heterocycles. The van der Waals surface area contributed by atoms with Gasteiger partial charge in [-0.05, 0) is 47.9 Å². The van der Waals surface area contributed by atoms with Gasteiger partial charge in [0, 0.05) is 37.2 Å². The van der Waals surface area contributed by atoms with E-state index < -0.39 is 0 Å². The van der Waals surface area contributed by atoms with Gasteiger partial charge in [0.05, 0.1) is 13.2 Å². The van der Waals surface area contributed by atoms with E-state index in [1.165, 1.54) is 6.33 Å². The number of aryl methyl sites for hydroxylation is 1. The van der Waals surface area contributed by atoms with Gasteiger partial charge < -0.3 is 20.1 Å². The molecule has 0 fully saturated rings. The van der Waals surface area contributed by atoms with Gasteiger partial charge in [0.2, 0.25) is 0 Å². The van der Waals surface area contributed by atoms with Gasteiger partial charge in [0.1, 0.15) is 25.0 Å². The van der Waals surface area contributed by atoms with Crippen molar-refractivity contribution >= 4 is 11.8 Å². The molecule has 0 radical (unpaired) electrons. The molecule has 2 amide bonds. The molecular formula is C24H27N5O4. The van der Waals surface area contributed by atoms with E-state index >= 15 is 0 Å². The number of nitrogens with one attached hydrogen (secondary N) is 2. The second-order valence-corrected chi connectivity index (χ2v) is 7.68. The topological polar surface area (TPSA) is 107 Å². The fraction of sp³-hybridized carbons (Fsp3) is 0.333. The standard InChI is InChI=1S/C24H27N5O4/c30-23-19-4-1-3-18(13-19)14-21-15-20(5-6-22(21)33-12-11-32-10-8-27-23)24(31)26-7-2-9-29-17-25-16-28-29/h1,3-6,13,15-17H,2,7-12,14H2,(H,26,31)(H,27,30). The van der Waals surface area contributed by atoms with Crippen LogP contribution in [0.5, 0.6) is 5.75 Å². The Balaban J connectivity index is 1.48. The van der Waals surface area contributed by atoms with E-state index in [1.54, 1.807) is 23.1 Å². The molecule has 9 nitrogen and oxygen atoms in total. The lowest BCUT2D eigenvalue weighted by Crippen LogP contribution is -2.28. The molecule has 33 heavy (non-hydrogen) atoms. The summed E-state index contributed by atoms with van der Waals surface area (Å²) in [7, 11) is 0. The number of fused-ring (bicyclic) bond motifs is 3. The third-order valence-corrected chi connectivity index (χ3v) is 5.24. The van der Waals surface area contributed by atoms with E-state index in [-0.39, 0.29) is 11.8 Å². The number of ether oxygens (including phenoxy) is 2. The molecule has 0 atom stereocenters. The van der Waals surface area contributed by atoms with E-state index in [4.69, 9.17) is 9.47 Å². The second kappa shape index (κ2) is 11.2. The van der Waals surface area contributed by atoms with Gasteiger partial charge in [-0.15, -0.1) is 0 Å². The third-order valence-electron chi connectivity index (χ3n) is 5.24. The van der Waals surface area contributed by atoms with Crippen LogP contribution in [0.4, 0.5) is 0 Å². The number of aromatic nitrogens is 3. The predicted molar refractivity (Wildman–Crippen MR) is 121 cm³/mol. The highest BCUT2D eigenvalue weighted by Gasteiger charge is 2.13. The molecule has 1 aliphatic rings. The largest absolute Gasteiger partial charge is 0.491 e. The Labute approximate surface area is 192 Å². The zero-order valence-electron chi connectivity index (χ0n) is 18.3. The molecule has 172 valence electrons. The summed E-state index contributed by atoms with van der Waals surface area (Å²) in [5.74, 6) is 0.425. The van der Waals surface area contributed by atoms with Gasteiger partial charge in [-0.2, -0.15) is 5.10 Å². The summed E-state index contributed by atoms with van der Waals surface area (Å²) < 4.78 is 13.2. The molecule has 4 rings (SSSR count). The van der Waals surface area contributed by atoms with Crippen LogP contribution in [0.3, 0.4) is 0 Å². The summed E-state index contributed by atoms with van der Waals surface area (Å²) in [5.41, 5.74) is 2.99. The average Bonchev–Trinajstić information content (AvgIpc) is 3.35. The minimum absolute atomic E-state index is 0.131. The Hall–Kier alpha value is -3.72. The molecular weight excluding hydrogens is 422 g/mol. The number of amides is 2. The van der Waals surface area contributed by atoms with Crippen molar-refractivity contribution in [3.63, 3.8) is 0 Å². The molecule has 0 saturated carbocycles. The number of rotatable bonds is 5. The van der Waals surface area contributed by atoms with Crippen LogP contribution in [0.1, 0.15) is 38.3 Å². The summed E-state index contributed by atoms with van der Waals surface area (Å²) >= 11 is 0. The van der Waals surface area contributed by atoms with E-state index in [1.807, 2.05) is 30.3 Å². The Morgan fingerprint density at radius 3 is 2.97 bits per heavy atom. The van der Waals surface area contributed by atoms with Gasteiger partial charge in [0.25, 0.3) is 11.8 Å². The van der Waals surface area contributed by atoms with Crippen LogP contribution in [0.2, 0.25) is 0 Å². The van der Waals surface area contributed by atoms with Crippen molar-refractivity contribution in [3.8, 4) is 5.75 Å². The molecule has 2 aromatic carbocycles. The van der Waals surface area contributed by atoms with Crippen LogP contribution in [0, 0.1) is 0 Å². The molecule has 2 bridgehead atoms. The monoisotopic (exact) mass is 449 g/mol. The first-order valence-electron chi connectivity index (χ1n) is 11.0. The second-order valence-electron chi connectivity index (χ2n) is 7.68. The first-order valence-corrected chi connectivity index (χ1v) is 11.0. The van der Waals surface area contributed by atoms with Crippen molar-refractivity contribution in [2.45, 2.75) is 19.4 Å². The van der Waals surface area contributed by atoms with Crippen molar-refractivity contribution in [2.75, 3.05) is 32.9 Å². The smallest absolute Gasteiger partial charge is 0.251 e. The van der Waals surface area contributed by atoms with Crippen molar-refractivity contribution in [1.29, 1.82) is 0 Å². The number of hydrogen-bond donors (Lipinski definition) is 2. The SMILES string of the molecule is O=C(NCCCn1cncn1)c1ccc2c(c1)Cc1cccc(c1)C(=O)NCCOCCO2. The highest BCUT2D eigenvalue weighted by atomic mass is 16.5. The highest BCUT2D eigenvalue weighted by molar-refractivity contribution is 5.95. The van der Waals surface area contributed by atoms with Gasteiger partial charge in [-0.1, -0.05) is 12.1 Å². The number of carbonyl (C=O) groups is 2. The van der Waals surface area contributed by atoms with Crippen molar-refractivity contribution in [2.24, 2.45) is 0 Å². The first-order chi connectivity index (χ1) is 16.2. The van der Waals surface area contributed by atoms with Crippen molar-refractivity contribution in [1.82, 2.24) is 25.4 Å². The summed E-state index contributed by atoms with van der Waals surface area (Å²) in [6, 6.07) is 12.9. The number of carbonyl (C=O) groups excluding carboxylic acids is 2. The molecule has 0 saturated heterocycles. The van der Waals surface area contributed by atoms with Gasteiger partial charge in [-0.25, -0.2) is 4.98 Å². The van der Waals surface area contributed by atoms with Crippen molar-refractivity contribution in [3.05, 3.63) is 77.4 Å². The molecule has 2 heterocycles. The number of nitrogens with zero attached hydrogens (tertiary/aromatic N) is 3. The lowest BCUT2D eigenvalue weighted by Gasteiger charge is -2.15. The summed E-state index contributed by atoms with van der Waals surface area (Å²) in [4.78, 5) is 29.0. The Morgan fingerprint density at radius 2 is 2.09 bits per heavy atom. The molecule has 9 heteroatoms. The maximum atomic E-state index is 12.7. The number of benzene rings is 2. The van der Waals surface area contributed by atoms with Crippen LogP contribution >= 0.6 is 0 Å². The molecule has 0 aliphatic carbocycles. The lowest BCUT2D eigenvalue weighted by atomic mass is 9.99. The normalized spacial score (nSPS) is 14.4. The maximum Gasteiger partial charge on any atom is 0.251 e.